The molecule has 0 aromatic heterocycles. The van der Waals surface area contributed by atoms with E-state index in [0.717, 1.165) is 0 Å². The molecule has 25 heavy (non-hydrogen) atoms. The molecule has 128 valence electrons. The van der Waals surface area contributed by atoms with Crippen molar-refractivity contribution in [3.63, 3.8) is 0 Å². The van der Waals surface area contributed by atoms with Crippen LogP contribution in [0.5, 0.6) is 5.75 Å². The van der Waals surface area contributed by atoms with Crippen molar-refractivity contribution in [1.82, 2.24) is 10.6 Å². The van der Waals surface area contributed by atoms with Crippen LogP contribution in [0.1, 0.15) is 11.6 Å². The van der Waals surface area contributed by atoms with Crippen LogP contribution in [0.25, 0.3) is 0 Å². The summed E-state index contributed by atoms with van der Waals surface area (Å²) in [5.74, 6) is -1.05. The number of hydrogen-bond donors (Lipinski definition) is 4. The van der Waals surface area contributed by atoms with E-state index in [0.29, 0.717) is 16.3 Å². The van der Waals surface area contributed by atoms with Crippen molar-refractivity contribution in [2.75, 3.05) is 5.32 Å². The van der Waals surface area contributed by atoms with Crippen LogP contribution >= 0.6 is 11.6 Å². The first kappa shape index (κ1) is 16.9. The summed E-state index contributed by atoms with van der Waals surface area (Å²) in [5.41, 5.74) is 1.46. The van der Waals surface area contributed by atoms with Crippen LogP contribution in [0, 0.1) is 5.92 Å². The van der Waals surface area contributed by atoms with Crippen LogP contribution < -0.4 is 16.0 Å². The third-order valence-electron chi connectivity index (χ3n) is 3.89. The SMILES string of the molecule is C=C1NC(=O)N[C@H](c2cccc(O)c2)[C@H]1C(=O)Nc1ccc(Cl)cc1. The van der Waals surface area contributed by atoms with Crippen LogP contribution in [0.4, 0.5) is 10.5 Å². The summed E-state index contributed by atoms with van der Waals surface area (Å²) in [6.45, 7) is 3.80. The standard InChI is InChI=1S/C18H16ClN3O3/c1-10-15(17(24)21-13-7-5-12(19)6-8-13)16(22-18(25)20-10)11-3-2-4-14(23)9-11/h2-9,15-16,23H,1H2,(H,21,24)(H2,20,22,25)/t15-,16+/m0/s1. The third kappa shape index (κ3) is 3.75. The molecular formula is C18H16ClN3O3. The molecule has 7 heteroatoms. The second-order valence-electron chi connectivity index (χ2n) is 5.67. The molecular weight excluding hydrogens is 342 g/mol. The van der Waals surface area contributed by atoms with E-state index in [1.807, 2.05) is 0 Å². The quantitative estimate of drug-likeness (QED) is 0.680. The highest BCUT2D eigenvalue weighted by Crippen LogP contribution is 2.31. The van der Waals surface area contributed by atoms with Gasteiger partial charge in [0.1, 0.15) is 11.7 Å². The Morgan fingerprint density at radius 1 is 1.20 bits per heavy atom. The number of carbonyl (C=O) groups is 2. The number of carbonyl (C=O) groups excluding carboxylic acids is 2. The lowest BCUT2D eigenvalue weighted by Crippen LogP contribution is -2.51. The maximum absolute atomic E-state index is 12.8. The molecule has 0 aliphatic carbocycles. The molecule has 0 unspecified atom stereocenters. The Hall–Kier alpha value is -2.99. The third-order valence-corrected chi connectivity index (χ3v) is 4.14. The molecule has 4 N–H and O–H groups in total. The fourth-order valence-electron chi connectivity index (χ4n) is 2.74. The van der Waals surface area contributed by atoms with Crippen molar-refractivity contribution >= 4 is 29.2 Å². The zero-order chi connectivity index (χ0) is 18.0. The number of urea groups is 1. The molecule has 2 atom stereocenters. The topological polar surface area (TPSA) is 90.5 Å². The summed E-state index contributed by atoms with van der Waals surface area (Å²) in [7, 11) is 0. The van der Waals surface area contributed by atoms with Gasteiger partial charge >= 0.3 is 6.03 Å². The average molecular weight is 358 g/mol. The first-order chi connectivity index (χ1) is 11.9. The van der Waals surface area contributed by atoms with Gasteiger partial charge in [-0.15, -0.1) is 0 Å². The van der Waals surface area contributed by atoms with Crippen LogP contribution in [-0.2, 0) is 4.79 Å². The van der Waals surface area contributed by atoms with E-state index in [1.54, 1.807) is 36.4 Å². The van der Waals surface area contributed by atoms with Gasteiger partial charge in [-0.3, -0.25) is 4.79 Å². The molecule has 0 saturated carbocycles. The highest BCUT2D eigenvalue weighted by molar-refractivity contribution is 6.30. The van der Waals surface area contributed by atoms with Crippen LogP contribution in [-0.4, -0.2) is 17.0 Å². The fourth-order valence-corrected chi connectivity index (χ4v) is 2.87. The summed E-state index contributed by atoms with van der Waals surface area (Å²) in [6, 6.07) is 12.0. The Bertz CT molecular complexity index is 836. The highest BCUT2D eigenvalue weighted by Gasteiger charge is 2.37. The van der Waals surface area contributed by atoms with E-state index in [-0.39, 0.29) is 17.4 Å². The van der Waals surface area contributed by atoms with Gasteiger partial charge in [-0.05, 0) is 42.0 Å². The number of amides is 3. The zero-order valence-electron chi connectivity index (χ0n) is 13.1. The minimum Gasteiger partial charge on any atom is -0.508 e. The molecule has 1 aliphatic rings. The van der Waals surface area contributed by atoms with Gasteiger partial charge in [0.15, 0.2) is 0 Å². The number of anilines is 1. The smallest absolute Gasteiger partial charge is 0.319 e. The van der Waals surface area contributed by atoms with Crippen LogP contribution in [0.3, 0.4) is 0 Å². The Morgan fingerprint density at radius 2 is 1.92 bits per heavy atom. The monoisotopic (exact) mass is 357 g/mol. The average Bonchev–Trinajstić information content (AvgIpc) is 2.56. The van der Waals surface area contributed by atoms with Gasteiger partial charge < -0.3 is 21.1 Å². The summed E-state index contributed by atoms with van der Waals surface area (Å²) >= 11 is 5.85. The van der Waals surface area contributed by atoms with E-state index in [1.165, 1.54) is 12.1 Å². The van der Waals surface area contributed by atoms with Crippen molar-refractivity contribution in [2.45, 2.75) is 6.04 Å². The predicted molar refractivity (Wildman–Crippen MR) is 95.2 cm³/mol. The molecule has 0 spiro atoms. The van der Waals surface area contributed by atoms with Gasteiger partial charge in [-0.2, -0.15) is 0 Å². The number of halogens is 1. The zero-order valence-corrected chi connectivity index (χ0v) is 13.9. The lowest BCUT2D eigenvalue weighted by Gasteiger charge is -2.33. The van der Waals surface area contributed by atoms with E-state index < -0.39 is 18.0 Å². The first-order valence-corrected chi connectivity index (χ1v) is 7.93. The maximum atomic E-state index is 12.8. The minimum atomic E-state index is -0.754. The molecule has 2 aromatic rings. The molecule has 0 radical (unpaired) electrons. The molecule has 1 fully saturated rings. The summed E-state index contributed by atoms with van der Waals surface area (Å²) in [4.78, 5) is 24.6. The molecule has 1 heterocycles. The van der Waals surface area contributed by atoms with E-state index >= 15 is 0 Å². The number of rotatable bonds is 3. The first-order valence-electron chi connectivity index (χ1n) is 7.56. The van der Waals surface area contributed by atoms with E-state index in [4.69, 9.17) is 11.6 Å². The van der Waals surface area contributed by atoms with Crippen LogP contribution in [0.15, 0.2) is 60.8 Å². The second kappa shape index (κ2) is 6.86. The molecule has 3 rings (SSSR count). The van der Waals surface area contributed by atoms with Crippen molar-refractivity contribution < 1.29 is 14.7 Å². The molecule has 0 bridgehead atoms. The number of phenols is 1. The molecule has 2 aromatic carbocycles. The predicted octanol–water partition coefficient (Wildman–Crippen LogP) is 3.17. The Labute approximate surface area is 149 Å². The molecule has 6 nitrogen and oxygen atoms in total. The van der Waals surface area contributed by atoms with Gasteiger partial charge in [0, 0.05) is 16.4 Å². The fraction of sp³-hybridized carbons (Fsp3) is 0.111. The highest BCUT2D eigenvalue weighted by atomic mass is 35.5. The van der Waals surface area contributed by atoms with Gasteiger partial charge in [0.05, 0.1) is 6.04 Å². The maximum Gasteiger partial charge on any atom is 0.319 e. The summed E-state index contributed by atoms with van der Waals surface area (Å²) < 4.78 is 0. The molecule has 3 amide bonds. The normalized spacial score (nSPS) is 19.7. The van der Waals surface area contributed by atoms with E-state index in [9.17, 15) is 14.7 Å². The van der Waals surface area contributed by atoms with Gasteiger partial charge in [0.25, 0.3) is 0 Å². The van der Waals surface area contributed by atoms with E-state index in [2.05, 4.69) is 22.5 Å². The lowest BCUT2D eigenvalue weighted by atomic mass is 9.88. The number of nitrogens with one attached hydrogen (secondary N) is 3. The van der Waals surface area contributed by atoms with Gasteiger partial charge in [-0.25, -0.2) is 4.79 Å². The lowest BCUT2D eigenvalue weighted by molar-refractivity contribution is -0.119. The van der Waals surface area contributed by atoms with Crippen molar-refractivity contribution in [1.29, 1.82) is 0 Å². The largest absolute Gasteiger partial charge is 0.508 e. The van der Waals surface area contributed by atoms with Gasteiger partial charge in [0.2, 0.25) is 5.91 Å². The van der Waals surface area contributed by atoms with Crippen molar-refractivity contribution in [3.05, 3.63) is 71.4 Å². The molecule has 1 saturated heterocycles. The minimum absolute atomic E-state index is 0.0488. The van der Waals surface area contributed by atoms with Crippen molar-refractivity contribution in [2.24, 2.45) is 5.92 Å². The molecule has 1 aliphatic heterocycles. The Morgan fingerprint density at radius 3 is 2.60 bits per heavy atom. The Kier molecular flexibility index (Phi) is 4.63. The van der Waals surface area contributed by atoms with Gasteiger partial charge in [-0.1, -0.05) is 30.3 Å². The van der Waals surface area contributed by atoms with Crippen LogP contribution in [0.2, 0.25) is 5.02 Å². The second-order valence-corrected chi connectivity index (χ2v) is 6.11. The number of hydrogen-bond acceptors (Lipinski definition) is 3. The summed E-state index contributed by atoms with van der Waals surface area (Å²) in [6.07, 6.45) is 0. The Balaban J connectivity index is 1.89. The number of phenolic OH excluding ortho intramolecular Hbond substituents is 1. The number of benzene rings is 2. The van der Waals surface area contributed by atoms with Crippen molar-refractivity contribution in [3.8, 4) is 5.75 Å². The summed E-state index contributed by atoms with van der Waals surface area (Å²) in [5, 5.41) is 18.3. The number of aromatic hydroxyl groups is 1.